The summed E-state index contributed by atoms with van der Waals surface area (Å²) in [6.45, 7) is 1.06. The molecule has 16 heavy (non-hydrogen) atoms. The van der Waals surface area contributed by atoms with Crippen LogP contribution >= 0.6 is 15.9 Å². The number of Topliss-reactive ketones (excluding diaryl/α,β-unsaturated/α-hetero) is 1. The van der Waals surface area contributed by atoms with E-state index in [9.17, 15) is 22.4 Å². The molecule has 0 radical (unpaired) electrons. The number of carbonyl (C=O) groups excluding carboxylic acids is 1. The maximum Gasteiger partial charge on any atom is 0.573 e. The van der Waals surface area contributed by atoms with E-state index in [0.717, 1.165) is 19.1 Å². The molecule has 7 heteroatoms. The Morgan fingerprint density at radius 2 is 1.94 bits per heavy atom. The third kappa shape index (κ3) is 2.94. The lowest BCUT2D eigenvalue weighted by Crippen LogP contribution is -2.19. The smallest absolute Gasteiger partial charge is 0.404 e. The Bertz CT molecular complexity index is 428. The first-order valence-corrected chi connectivity index (χ1v) is 4.76. The van der Waals surface area contributed by atoms with Gasteiger partial charge in [0.25, 0.3) is 0 Å². The standard InChI is InChI=1S/C9H5BrF4O2/c1-4(15)5-2-3-6(11)7(10)8(5)16-9(12,13)14/h2-3H,1H3. The minimum absolute atomic E-state index is 0.342. The SMILES string of the molecule is CC(=O)c1ccc(F)c(Br)c1OC(F)(F)F. The number of alkyl halides is 3. The summed E-state index contributed by atoms with van der Waals surface area (Å²) in [6, 6.07) is 1.81. The van der Waals surface area contributed by atoms with E-state index in [1.807, 2.05) is 0 Å². The van der Waals surface area contributed by atoms with E-state index in [-0.39, 0.29) is 5.56 Å². The molecule has 0 N–H and O–H groups in total. The van der Waals surface area contributed by atoms with Gasteiger partial charge in [-0.1, -0.05) is 0 Å². The van der Waals surface area contributed by atoms with Crippen LogP contribution in [0.2, 0.25) is 0 Å². The molecule has 0 fully saturated rings. The van der Waals surface area contributed by atoms with E-state index in [1.165, 1.54) is 0 Å². The Morgan fingerprint density at radius 3 is 2.38 bits per heavy atom. The molecule has 2 nitrogen and oxygen atoms in total. The predicted molar refractivity (Wildman–Crippen MR) is 50.8 cm³/mol. The molecule has 1 aromatic carbocycles. The molecule has 0 atom stereocenters. The molecule has 0 saturated carbocycles. The lowest BCUT2D eigenvalue weighted by Gasteiger charge is -2.13. The van der Waals surface area contributed by atoms with Crippen LogP contribution < -0.4 is 4.74 Å². The zero-order valence-electron chi connectivity index (χ0n) is 7.86. The van der Waals surface area contributed by atoms with Gasteiger partial charge in [-0.2, -0.15) is 0 Å². The van der Waals surface area contributed by atoms with Gasteiger partial charge in [-0.05, 0) is 35.0 Å². The molecular formula is C9H5BrF4O2. The number of hydrogen-bond acceptors (Lipinski definition) is 2. The third-order valence-electron chi connectivity index (χ3n) is 1.65. The van der Waals surface area contributed by atoms with Crippen LogP contribution in [0.15, 0.2) is 16.6 Å². The number of rotatable bonds is 2. The van der Waals surface area contributed by atoms with Crippen LogP contribution in [0, 0.1) is 5.82 Å². The van der Waals surface area contributed by atoms with Crippen LogP contribution in [0.25, 0.3) is 0 Å². The van der Waals surface area contributed by atoms with Crippen molar-refractivity contribution in [3.05, 3.63) is 28.0 Å². The van der Waals surface area contributed by atoms with Crippen molar-refractivity contribution in [2.75, 3.05) is 0 Å². The van der Waals surface area contributed by atoms with Crippen molar-refractivity contribution in [2.45, 2.75) is 13.3 Å². The number of ether oxygens (including phenoxy) is 1. The molecule has 1 rings (SSSR count). The van der Waals surface area contributed by atoms with Crippen LogP contribution in [0.3, 0.4) is 0 Å². The van der Waals surface area contributed by atoms with Crippen molar-refractivity contribution in [1.29, 1.82) is 0 Å². The van der Waals surface area contributed by atoms with E-state index < -0.39 is 28.2 Å². The van der Waals surface area contributed by atoms with E-state index in [2.05, 4.69) is 20.7 Å². The van der Waals surface area contributed by atoms with Crippen molar-refractivity contribution < 1.29 is 27.1 Å². The minimum Gasteiger partial charge on any atom is -0.404 e. The summed E-state index contributed by atoms with van der Waals surface area (Å²) in [5.41, 5.74) is -0.342. The minimum atomic E-state index is -4.99. The lowest BCUT2D eigenvalue weighted by molar-refractivity contribution is -0.275. The van der Waals surface area contributed by atoms with Gasteiger partial charge in [0, 0.05) is 0 Å². The highest BCUT2D eigenvalue weighted by molar-refractivity contribution is 9.10. The monoisotopic (exact) mass is 300 g/mol. The van der Waals surface area contributed by atoms with Gasteiger partial charge >= 0.3 is 6.36 Å². The molecule has 0 spiro atoms. The van der Waals surface area contributed by atoms with Gasteiger partial charge < -0.3 is 4.74 Å². The number of hydrogen-bond donors (Lipinski definition) is 0. The van der Waals surface area contributed by atoms with Crippen molar-refractivity contribution in [3.8, 4) is 5.75 Å². The molecule has 0 aliphatic carbocycles. The van der Waals surface area contributed by atoms with E-state index >= 15 is 0 Å². The van der Waals surface area contributed by atoms with Crippen LogP contribution in [0.4, 0.5) is 17.6 Å². The average molecular weight is 301 g/mol. The normalized spacial score (nSPS) is 11.4. The van der Waals surface area contributed by atoms with Crippen LogP contribution in [-0.4, -0.2) is 12.1 Å². The third-order valence-corrected chi connectivity index (χ3v) is 2.39. The Kier molecular flexibility index (Phi) is 3.57. The van der Waals surface area contributed by atoms with E-state index in [4.69, 9.17) is 0 Å². The highest BCUT2D eigenvalue weighted by atomic mass is 79.9. The Morgan fingerprint density at radius 1 is 1.38 bits per heavy atom. The highest BCUT2D eigenvalue weighted by Crippen LogP contribution is 2.35. The van der Waals surface area contributed by atoms with Crippen molar-refractivity contribution in [1.82, 2.24) is 0 Å². The number of benzene rings is 1. The lowest BCUT2D eigenvalue weighted by atomic mass is 10.1. The largest absolute Gasteiger partial charge is 0.573 e. The van der Waals surface area contributed by atoms with Crippen LogP contribution in [-0.2, 0) is 0 Å². The molecule has 1 aromatic rings. The second-order valence-corrected chi connectivity index (χ2v) is 3.64. The molecule has 0 unspecified atom stereocenters. The van der Waals surface area contributed by atoms with Crippen LogP contribution in [0.5, 0.6) is 5.75 Å². The average Bonchev–Trinajstić information content (AvgIpc) is 2.10. The number of ketones is 1. The Balaban J connectivity index is 3.32. The predicted octanol–water partition coefficient (Wildman–Crippen LogP) is 3.69. The Hall–Kier alpha value is -1.11. The molecule has 0 aliphatic heterocycles. The van der Waals surface area contributed by atoms with E-state index in [0.29, 0.717) is 0 Å². The van der Waals surface area contributed by atoms with Crippen LogP contribution in [0.1, 0.15) is 17.3 Å². The molecular weight excluding hydrogens is 296 g/mol. The second kappa shape index (κ2) is 4.40. The van der Waals surface area contributed by atoms with Crippen molar-refractivity contribution in [2.24, 2.45) is 0 Å². The molecule has 0 aliphatic rings. The summed E-state index contributed by atoms with van der Waals surface area (Å²) in [4.78, 5) is 11.0. The summed E-state index contributed by atoms with van der Waals surface area (Å²) in [5, 5.41) is 0. The number of carbonyl (C=O) groups is 1. The van der Waals surface area contributed by atoms with E-state index in [1.54, 1.807) is 0 Å². The zero-order valence-corrected chi connectivity index (χ0v) is 9.45. The second-order valence-electron chi connectivity index (χ2n) is 2.84. The first kappa shape index (κ1) is 13.0. The fraction of sp³-hybridized carbons (Fsp3) is 0.222. The summed E-state index contributed by atoms with van der Waals surface area (Å²) < 4.78 is 52.1. The Labute approximate surface area is 96.3 Å². The number of halogens is 5. The molecule has 0 amide bonds. The quantitative estimate of drug-likeness (QED) is 0.615. The summed E-state index contributed by atoms with van der Waals surface area (Å²) >= 11 is 2.60. The summed E-state index contributed by atoms with van der Waals surface area (Å²) in [7, 11) is 0. The fourth-order valence-corrected chi connectivity index (χ4v) is 1.45. The maximum absolute atomic E-state index is 13.0. The summed E-state index contributed by atoms with van der Waals surface area (Å²) in [5.74, 6) is -2.45. The molecule has 88 valence electrons. The van der Waals surface area contributed by atoms with Gasteiger partial charge in [-0.25, -0.2) is 4.39 Å². The van der Waals surface area contributed by atoms with Crippen molar-refractivity contribution in [3.63, 3.8) is 0 Å². The molecule has 0 heterocycles. The molecule has 0 saturated heterocycles. The first-order valence-electron chi connectivity index (χ1n) is 3.97. The molecule has 0 bridgehead atoms. The fourth-order valence-electron chi connectivity index (χ4n) is 1.02. The van der Waals surface area contributed by atoms with Gasteiger partial charge in [0.2, 0.25) is 0 Å². The van der Waals surface area contributed by atoms with Gasteiger partial charge in [0.1, 0.15) is 5.82 Å². The zero-order chi connectivity index (χ0) is 12.5. The first-order chi connectivity index (χ1) is 7.22. The highest BCUT2D eigenvalue weighted by Gasteiger charge is 2.34. The van der Waals surface area contributed by atoms with Gasteiger partial charge in [-0.3, -0.25) is 4.79 Å². The van der Waals surface area contributed by atoms with Gasteiger partial charge in [0.05, 0.1) is 10.0 Å². The van der Waals surface area contributed by atoms with Gasteiger partial charge in [-0.15, -0.1) is 13.2 Å². The summed E-state index contributed by atoms with van der Waals surface area (Å²) in [6.07, 6.45) is -4.99. The topological polar surface area (TPSA) is 26.3 Å². The van der Waals surface area contributed by atoms with Crippen molar-refractivity contribution >= 4 is 21.7 Å². The molecule has 0 aromatic heterocycles. The maximum atomic E-state index is 13.0. The van der Waals surface area contributed by atoms with Gasteiger partial charge in [0.15, 0.2) is 11.5 Å².